The number of rotatable bonds is 5. The van der Waals surface area contributed by atoms with Crippen molar-refractivity contribution in [3.8, 4) is 0 Å². The molecule has 6 heteroatoms. The van der Waals surface area contributed by atoms with Gasteiger partial charge in [0.1, 0.15) is 11.3 Å². The summed E-state index contributed by atoms with van der Waals surface area (Å²) >= 11 is 0. The smallest absolute Gasteiger partial charge is 0.292 e. The third-order valence-electron chi connectivity index (χ3n) is 3.02. The van der Waals surface area contributed by atoms with Gasteiger partial charge in [-0.1, -0.05) is 13.0 Å². The fourth-order valence-corrected chi connectivity index (χ4v) is 1.80. The summed E-state index contributed by atoms with van der Waals surface area (Å²) < 4.78 is 4.92. The first-order chi connectivity index (χ1) is 8.54. The molecule has 0 spiro atoms. The summed E-state index contributed by atoms with van der Waals surface area (Å²) in [6.45, 7) is 2.72. The van der Waals surface area contributed by atoms with E-state index in [0.717, 1.165) is 12.0 Å². The molecule has 1 heterocycles. The Morgan fingerprint density at radius 3 is 2.78 bits per heavy atom. The van der Waals surface area contributed by atoms with Crippen molar-refractivity contribution in [1.82, 2.24) is 0 Å². The molecule has 0 atom stereocenters. The summed E-state index contributed by atoms with van der Waals surface area (Å²) in [7, 11) is 0. The van der Waals surface area contributed by atoms with Crippen molar-refractivity contribution >= 4 is 11.4 Å². The number of anilines is 1. The molecule has 1 fully saturated rings. The lowest BCUT2D eigenvalue weighted by molar-refractivity contribution is -0.384. The predicted molar refractivity (Wildman–Crippen MR) is 66.7 cm³/mol. The van der Waals surface area contributed by atoms with Crippen LogP contribution in [0, 0.1) is 10.1 Å². The molecule has 0 bridgehead atoms. The Morgan fingerprint density at radius 2 is 2.28 bits per heavy atom. The lowest BCUT2D eigenvalue weighted by Crippen LogP contribution is -2.54. The van der Waals surface area contributed by atoms with Crippen LogP contribution >= 0.6 is 0 Å². The molecule has 6 nitrogen and oxygen atoms in total. The molecular formula is C12H16N2O4. The number of nitro benzene ring substituents is 1. The molecule has 2 rings (SSSR count). The van der Waals surface area contributed by atoms with Crippen LogP contribution in [0.4, 0.5) is 11.4 Å². The lowest BCUT2D eigenvalue weighted by atomic mass is 10.0. The fraction of sp³-hybridized carbons (Fsp3) is 0.500. The van der Waals surface area contributed by atoms with E-state index in [2.05, 4.69) is 5.32 Å². The van der Waals surface area contributed by atoms with Crippen LogP contribution in [-0.2, 0) is 11.2 Å². The number of nitrogens with zero attached hydrogens (tertiary/aromatic N) is 1. The van der Waals surface area contributed by atoms with E-state index in [1.807, 2.05) is 13.0 Å². The highest BCUT2D eigenvalue weighted by Gasteiger charge is 2.36. The topological polar surface area (TPSA) is 84.6 Å². The summed E-state index contributed by atoms with van der Waals surface area (Å²) in [5, 5.41) is 23.7. The van der Waals surface area contributed by atoms with Gasteiger partial charge in [0, 0.05) is 12.6 Å². The zero-order valence-electron chi connectivity index (χ0n) is 10.2. The molecule has 1 aliphatic heterocycles. The molecule has 0 radical (unpaired) electrons. The molecule has 1 saturated heterocycles. The normalized spacial score (nSPS) is 17.0. The summed E-state index contributed by atoms with van der Waals surface area (Å²) in [4.78, 5) is 10.6. The van der Waals surface area contributed by atoms with Crippen LogP contribution in [0.1, 0.15) is 12.5 Å². The van der Waals surface area contributed by atoms with Crippen molar-refractivity contribution in [2.75, 3.05) is 25.1 Å². The Balaban J connectivity index is 2.13. The molecule has 2 N–H and O–H groups in total. The Morgan fingerprint density at radius 1 is 1.56 bits per heavy atom. The molecular weight excluding hydrogens is 236 g/mol. The van der Waals surface area contributed by atoms with E-state index in [4.69, 9.17) is 4.74 Å². The van der Waals surface area contributed by atoms with E-state index in [1.54, 1.807) is 12.1 Å². The number of ether oxygens (including phenoxy) is 1. The number of aryl methyl sites for hydroxylation is 1. The largest absolute Gasteiger partial charge is 0.383 e. The first-order valence-electron chi connectivity index (χ1n) is 5.85. The van der Waals surface area contributed by atoms with Crippen LogP contribution in [0.3, 0.4) is 0 Å². The van der Waals surface area contributed by atoms with E-state index in [9.17, 15) is 15.2 Å². The molecule has 18 heavy (non-hydrogen) atoms. The van der Waals surface area contributed by atoms with E-state index >= 15 is 0 Å². The lowest BCUT2D eigenvalue weighted by Gasteiger charge is -2.36. The van der Waals surface area contributed by atoms with Crippen LogP contribution < -0.4 is 5.32 Å². The number of hydrogen-bond acceptors (Lipinski definition) is 5. The first kappa shape index (κ1) is 12.8. The van der Waals surface area contributed by atoms with E-state index in [-0.39, 0.29) is 25.4 Å². The van der Waals surface area contributed by atoms with Gasteiger partial charge in [0.2, 0.25) is 0 Å². The standard InChI is InChI=1S/C12H16N2O4/c1-2-9-3-4-10(11(5-9)14(16)17)13-6-12(15)7-18-8-12/h3-5,13,15H,2,6-8H2,1H3. The maximum atomic E-state index is 11.0. The van der Waals surface area contributed by atoms with Gasteiger partial charge in [0.25, 0.3) is 5.69 Å². The summed E-state index contributed by atoms with van der Waals surface area (Å²) in [6, 6.07) is 5.08. The average Bonchev–Trinajstić information content (AvgIpc) is 2.33. The van der Waals surface area contributed by atoms with Gasteiger partial charge in [-0.15, -0.1) is 0 Å². The second kappa shape index (κ2) is 4.91. The quantitative estimate of drug-likeness (QED) is 0.610. The Kier molecular flexibility index (Phi) is 3.49. The molecule has 0 amide bonds. The number of hydrogen-bond donors (Lipinski definition) is 2. The second-order valence-electron chi connectivity index (χ2n) is 4.53. The first-order valence-corrected chi connectivity index (χ1v) is 5.85. The third kappa shape index (κ3) is 2.60. The van der Waals surface area contributed by atoms with Gasteiger partial charge < -0.3 is 15.2 Å². The number of benzene rings is 1. The van der Waals surface area contributed by atoms with Crippen LogP contribution in [0.2, 0.25) is 0 Å². The minimum Gasteiger partial charge on any atom is -0.383 e. The van der Waals surface area contributed by atoms with Crippen molar-refractivity contribution in [3.63, 3.8) is 0 Å². The SMILES string of the molecule is CCc1ccc(NCC2(O)COC2)c([N+](=O)[O-])c1. The van der Waals surface area contributed by atoms with E-state index < -0.39 is 10.5 Å². The zero-order valence-corrected chi connectivity index (χ0v) is 10.2. The number of aliphatic hydroxyl groups is 1. The van der Waals surface area contributed by atoms with Crippen molar-refractivity contribution in [3.05, 3.63) is 33.9 Å². The fourth-order valence-electron chi connectivity index (χ4n) is 1.80. The summed E-state index contributed by atoms with van der Waals surface area (Å²) in [5.74, 6) is 0. The third-order valence-corrected chi connectivity index (χ3v) is 3.02. The van der Waals surface area contributed by atoms with Crippen LogP contribution in [0.5, 0.6) is 0 Å². The van der Waals surface area contributed by atoms with Gasteiger partial charge in [-0.25, -0.2) is 0 Å². The minimum atomic E-state index is -0.905. The highest BCUT2D eigenvalue weighted by Crippen LogP contribution is 2.27. The average molecular weight is 252 g/mol. The van der Waals surface area contributed by atoms with Gasteiger partial charge >= 0.3 is 0 Å². The summed E-state index contributed by atoms with van der Waals surface area (Å²) in [5.41, 5.74) is 0.478. The van der Waals surface area contributed by atoms with Gasteiger partial charge in [-0.05, 0) is 18.1 Å². The predicted octanol–water partition coefficient (Wildman–Crippen LogP) is 1.33. The van der Waals surface area contributed by atoms with Crippen molar-refractivity contribution in [1.29, 1.82) is 0 Å². The second-order valence-corrected chi connectivity index (χ2v) is 4.53. The molecule has 1 aliphatic rings. The zero-order chi connectivity index (χ0) is 13.2. The molecule has 0 saturated carbocycles. The monoisotopic (exact) mass is 252 g/mol. The van der Waals surface area contributed by atoms with Gasteiger partial charge in [0.15, 0.2) is 0 Å². The maximum Gasteiger partial charge on any atom is 0.292 e. The Labute approximate surface area is 105 Å². The Hall–Kier alpha value is -1.66. The van der Waals surface area contributed by atoms with Crippen molar-refractivity contribution < 1.29 is 14.8 Å². The molecule has 1 aromatic rings. The van der Waals surface area contributed by atoms with Gasteiger partial charge in [-0.2, -0.15) is 0 Å². The highest BCUT2D eigenvalue weighted by molar-refractivity contribution is 5.62. The highest BCUT2D eigenvalue weighted by atomic mass is 16.6. The molecule has 0 aliphatic carbocycles. The number of nitro groups is 1. The van der Waals surface area contributed by atoms with Gasteiger partial charge in [0.05, 0.1) is 18.1 Å². The van der Waals surface area contributed by atoms with Crippen molar-refractivity contribution in [2.45, 2.75) is 18.9 Å². The number of nitrogens with one attached hydrogen (secondary N) is 1. The van der Waals surface area contributed by atoms with Crippen LogP contribution in [0.15, 0.2) is 18.2 Å². The van der Waals surface area contributed by atoms with E-state index in [1.165, 1.54) is 0 Å². The maximum absolute atomic E-state index is 11.0. The van der Waals surface area contributed by atoms with Crippen LogP contribution in [0.25, 0.3) is 0 Å². The Bertz CT molecular complexity index is 457. The van der Waals surface area contributed by atoms with Gasteiger partial charge in [-0.3, -0.25) is 10.1 Å². The summed E-state index contributed by atoms with van der Waals surface area (Å²) in [6.07, 6.45) is 0.749. The minimum absolute atomic E-state index is 0.0400. The van der Waals surface area contributed by atoms with E-state index in [0.29, 0.717) is 5.69 Å². The molecule has 0 aromatic heterocycles. The van der Waals surface area contributed by atoms with Crippen molar-refractivity contribution in [2.24, 2.45) is 0 Å². The molecule has 98 valence electrons. The molecule has 1 aromatic carbocycles. The van der Waals surface area contributed by atoms with Crippen LogP contribution in [-0.4, -0.2) is 35.4 Å². The molecule has 0 unspecified atom stereocenters.